The molecule has 6 nitrogen and oxygen atoms in total. The predicted octanol–water partition coefficient (Wildman–Crippen LogP) is 0.983. The molecule has 20 heavy (non-hydrogen) atoms. The van der Waals surface area contributed by atoms with E-state index in [9.17, 15) is 18.8 Å². The first kappa shape index (κ1) is 13.7. The van der Waals surface area contributed by atoms with E-state index < -0.39 is 34.6 Å². The molecule has 1 atom stereocenters. The van der Waals surface area contributed by atoms with Crippen molar-refractivity contribution >= 4 is 5.97 Å². The second-order valence-corrected chi connectivity index (χ2v) is 4.24. The highest BCUT2D eigenvalue weighted by molar-refractivity contribution is 5.86. The summed E-state index contributed by atoms with van der Waals surface area (Å²) < 4.78 is 13.9. The number of hydrogen-bond acceptors (Lipinski definition) is 3. The Labute approximate surface area is 112 Å². The minimum Gasteiger partial charge on any atom is -0.477 e. The minimum absolute atomic E-state index is 0.416. The molecule has 0 fully saturated rings. The van der Waals surface area contributed by atoms with Gasteiger partial charge in [0.1, 0.15) is 11.4 Å². The van der Waals surface area contributed by atoms with Gasteiger partial charge in [-0.2, -0.15) is 0 Å². The molecule has 7 heteroatoms. The molecule has 0 aliphatic rings. The van der Waals surface area contributed by atoms with Gasteiger partial charge < -0.3 is 5.11 Å². The summed E-state index contributed by atoms with van der Waals surface area (Å²) in [5, 5.41) is 8.88. The number of aromatic nitrogens is 2. The summed E-state index contributed by atoms with van der Waals surface area (Å²) in [6, 6.07) is 4.90. The molecule has 1 aromatic carbocycles. The average Bonchev–Trinajstić information content (AvgIpc) is 2.38. The Morgan fingerprint density at radius 1 is 1.30 bits per heavy atom. The Morgan fingerprint density at radius 3 is 2.45 bits per heavy atom. The molecule has 0 aliphatic heterocycles. The maximum atomic E-state index is 12.9. The minimum atomic E-state index is -1.42. The normalized spacial score (nSPS) is 12.1. The molecule has 0 bridgehead atoms. The number of carboxylic acids is 1. The molecule has 2 N–H and O–H groups in total. The van der Waals surface area contributed by atoms with E-state index in [2.05, 4.69) is 0 Å². The van der Waals surface area contributed by atoms with Crippen LogP contribution in [0.3, 0.4) is 0 Å². The lowest BCUT2D eigenvalue weighted by atomic mass is 10.1. The number of halogens is 1. The van der Waals surface area contributed by atoms with Crippen molar-refractivity contribution < 1.29 is 14.3 Å². The smallest absolute Gasteiger partial charge is 0.342 e. The summed E-state index contributed by atoms with van der Waals surface area (Å²) in [7, 11) is 0. The lowest BCUT2D eigenvalue weighted by molar-refractivity contribution is 0.0693. The maximum absolute atomic E-state index is 12.9. The van der Waals surface area contributed by atoms with Crippen molar-refractivity contribution in [1.82, 2.24) is 9.55 Å². The number of H-pyrrole nitrogens is 1. The molecule has 2 aromatic rings. The molecule has 1 aromatic heterocycles. The number of hydrogen-bond donors (Lipinski definition) is 2. The molecule has 0 saturated heterocycles. The monoisotopic (exact) mass is 278 g/mol. The molecule has 1 unspecified atom stereocenters. The van der Waals surface area contributed by atoms with E-state index in [0.717, 1.165) is 10.8 Å². The second kappa shape index (κ2) is 5.12. The third-order valence-corrected chi connectivity index (χ3v) is 2.97. The van der Waals surface area contributed by atoms with Crippen LogP contribution in [-0.2, 0) is 0 Å². The van der Waals surface area contributed by atoms with Crippen LogP contribution in [0, 0.1) is 5.82 Å². The number of nitrogens with one attached hydrogen (secondary N) is 1. The first-order valence-electron chi connectivity index (χ1n) is 5.74. The van der Waals surface area contributed by atoms with Gasteiger partial charge in [-0.1, -0.05) is 12.1 Å². The van der Waals surface area contributed by atoms with E-state index in [1.807, 2.05) is 4.98 Å². The molecule has 0 aliphatic carbocycles. The lowest BCUT2D eigenvalue weighted by Gasteiger charge is -2.15. The Bertz CT molecular complexity index is 761. The zero-order valence-corrected chi connectivity index (χ0v) is 10.5. The Morgan fingerprint density at radius 2 is 1.90 bits per heavy atom. The summed E-state index contributed by atoms with van der Waals surface area (Å²) in [6.45, 7) is 1.64. The third kappa shape index (κ3) is 2.51. The van der Waals surface area contributed by atoms with Gasteiger partial charge >= 0.3 is 11.7 Å². The Balaban J connectivity index is 2.54. The number of aromatic carboxylic acids is 1. The predicted molar refractivity (Wildman–Crippen MR) is 68.5 cm³/mol. The largest absolute Gasteiger partial charge is 0.477 e. The first-order chi connectivity index (χ1) is 9.40. The maximum Gasteiger partial charge on any atom is 0.342 e. The molecule has 0 saturated carbocycles. The molecule has 104 valence electrons. The summed E-state index contributed by atoms with van der Waals surface area (Å²) >= 11 is 0. The SMILES string of the molecule is CC(c1ccc(F)cc1)n1cc(C(=O)O)c(=O)[nH]c1=O. The zero-order chi connectivity index (χ0) is 14.9. The fourth-order valence-corrected chi connectivity index (χ4v) is 1.83. The number of carboxylic acid groups (broad SMARTS) is 1. The van der Waals surface area contributed by atoms with Crippen LogP contribution in [0.5, 0.6) is 0 Å². The highest BCUT2D eigenvalue weighted by atomic mass is 19.1. The molecular weight excluding hydrogens is 267 g/mol. The topological polar surface area (TPSA) is 92.2 Å². The van der Waals surface area contributed by atoms with Gasteiger partial charge in [0.2, 0.25) is 0 Å². The van der Waals surface area contributed by atoms with Gasteiger partial charge in [-0.3, -0.25) is 14.3 Å². The van der Waals surface area contributed by atoms with Crippen LogP contribution < -0.4 is 11.2 Å². The molecule has 2 rings (SSSR count). The van der Waals surface area contributed by atoms with Crippen molar-refractivity contribution in [2.45, 2.75) is 13.0 Å². The molecule has 0 amide bonds. The van der Waals surface area contributed by atoms with Crippen LogP contribution in [0.25, 0.3) is 0 Å². The molecular formula is C13H11FN2O4. The Kier molecular flexibility index (Phi) is 3.51. The first-order valence-corrected chi connectivity index (χ1v) is 5.74. The van der Waals surface area contributed by atoms with Gasteiger partial charge in [-0.15, -0.1) is 0 Å². The number of carbonyl (C=O) groups is 1. The van der Waals surface area contributed by atoms with Crippen LogP contribution in [-0.4, -0.2) is 20.6 Å². The van der Waals surface area contributed by atoms with Gasteiger partial charge in [0.15, 0.2) is 0 Å². The third-order valence-electron chi connectivity index (χ3n) is 2.97. The summed E-state index contributed by atoms with van der Waals surface area (Å²) in [5.41, 5.74) is -1.60. The van der Waals surface area contributed by atoms with Gasteiger partial charge in [-0.25, -0.2) is 14.0 Å². The van der Waals surface area contributed by atoms with E-state index in [4.69, 9.17) is 5.11 Å². The summed E-state index contributed by atoms with van der Waals surface area (Å²) in [4.78, 5) is 35.9. The summed E-state index contributed by atoms with van der Waals surface area (Å²) in [5.74, 6) is -1.84. The molecule has 1 heterocycles. The van der Waals surface area contributed by atoms with Crippen molar-refractivity contribution in [3.8, 4) is 0 Å². The van der Waals surface area contributed by atoms with Crippen LogP contribution in [0.4, 0.5) is 4.39 Å². The van der Waals surface area contributed by atoms with Gasteiger partial charge in [0.05, 0.1) is 6.04 Å². The molecule has 0 spiro atoms. The van der Waals surface area contributed by atoms with Gasteiger partial charge in [-0.05, 0) is 24.6 Å². The van der Waals surface area contributed by atoms with Gasteiger partial charge in [0.25, 0.3) is 5.56 Å². The van der Waals surface area contributed by atoms with Crippen LogP contribution in [0.2, 0.25) is 0 Å². The summed E-state index contributed by atoms with van der Waals surface area (Å²) in [6.07, 6.45) is 0.984. The molecule has 0 radical (unpaired) electrons. The highest BCUT2D eigenvalue weighted by Crippen LogP contribution is 2.16. The average molecular weight is 278 g/mol. The van der Waals surface area contributed by atoms with Crippen molar-refractivity contribution in [3.63, 3.8) is 0 Å². The lowest BCUT2D eigenvalue weighted by Crippen LogP contribution is -2.35. The fourth-order valence-electron chi connectivity index (χ4n) is 1.83. The quantitative estimate of drug-likeness (QED) is 0.875. The van der Waals surface area contributed by atoms with Crippen molar-refractivity contribution in [3.05, 3.63) is 68.2 Å². The van der Waals surface area contributed by atoms with E-state index in [1.165, 1.54) is 24.3 Å². The van der Waals surface area contributed by atoms with E-state index in [1.54, 1.807) is 6.92 Å². The number of rotatable bonds is 3. The van der Waals surface area contributed by atoms with Crippen molar-refractivity contribution in [2.24, 2.45) is 0 Å². The number of aromatic amines is 1. The zero-order valence-electron chi connectivity index (χ0n) is 10.5. The van der Waals surface area contributed by atoms with Crippen LogP contribution in [0.1, 0.15) is 28.9 Å². The van der Waals surface area contributed by atoms with Crippen molar-refractivity contribution in [2.75, 3.05) is 0 Å². The van der Waals surface area contributed by atoms with E-state index >= 15 is 0 Å². The van der Waals surface area contributed by atoms with Crippen molar-refractivity contribution in [1.29, 1.82) is 0 Å². The standard InChI is InChI=1S/C13H11FN2O4/c1-7(8-2-4-9(14)5-3-8)16-6-10(12(18)19)11(17)15-13(16)20/h2-7H,1H3,(H,18,19)(H,15,17,20). The fraction of sp³-hybridized carbons (Fsp3) is 0.154. The Hall–Kier alpha value is -2.70. The number of nitrogens with zero attached hydrogens (tertiary/aromatic N) is 1. The highest BCUT2D eigenvalue weighted by Gasteiger charge is 2.15. The van der Waals surface area contributed by atoms with E-state index in [-0.39, 0.29) is 0 Å². The van der Waals surface area contributed by atoms with E-state index in [0.29, 0.717) is 5.56 Å². The van der Waals surface area contributed by atoms with Crippen LogP contribution >= 0.6 is 0 Å². The van der Waals surface area contributed by atoms with Gasteiger partial charge in [0, 0.05) is 6.20 Å². The second-order valence-electron chi connectivity index (χ2n) is 4.24. The number of benzene rings is 1. The van der Waals surface area contributed by atoms with Crippen LogP contribution in [0.15, 0.2) is 40.1 Å².